The van der Waals surface area contributed by atoms with Crippen LogP contribution in [-0.4, -0.2) is 67.1 Å². The fourth-order valence-corrected chi connectivity index (χ4v) is 3.87. The number of rotatable bonds is 7. The minimum Gasteiger partial charge on any atom is -0.455 e. The van der Waals surface area contributed by atoms with Crippen molar-refractivity contribution in [2.24, 2.45) is 0 Å². The van der Waals surface area contributed by atoms with Crippen molar-refractivity contribution in [2.45, 2.75) is 83.8 Å². The topological polar surface area (TPSA) is 116 Å². The summed E-state index contributed by atoms with van der Waals surface area (Å²) in [5, 5.41) is 0. The molecule has 0 N–H and O–H groups in total. The first-order valence-electron chi connectivity index (χ1n) is 10.7. The van der Waals surface area contributed by atoms with Gasteiger partial charge in [-0.3, -0.25) is 14.4 Å². The molecule has 0 amide bonds. The zero-order chi connectivity index (χ0) is 24.2. The zero-order valence-electron chi connectivity index (χ0n) is 19.3. The first-order valence-corrected chi connectivity index (χ1v) is 10.7. The van der Waals surface area contributed by atoms with E-state index in [0.717, 1.165) is 5.56 Å². The molecule has 0 bridgehead atoms. The first-order chi connectivity index (χ1) is 15.6. The summed E-state index contributed by atoms with van der Waals surface area (Å²) in [5.74, 6) is -2.83. The Bertz CT molecular complexity index is 839. The van der Waals surface area contributed by atoms with E-state index in [1.807, 2.05) is 30.3 Å². The molecule has 1 aromatic rings. The van der Waals surface area contributed by atoms with Gasteiger partial charge in [0.05, 0.1) is 13.2 Å². The second-order valence-electron chi connectivity index (χ2n) is 8.35. The molecule has 0 aromatic heterocycles. The Balaban J connectivity index is 1.96. The van der Waals surface area contributed by atoms with Crippen LogP contribution in [0.2, 0.25) is 0 Å². The summed E-state index contributed by atoms with van der Waals surface area (Å²) in [5.41, 5.74) is 0.868. The molecular weight excluding hydrogens is 436 g/mol. The number of hydrogen-bond acceptors (Lipinski definition) is 10. The highest BCUT2D eigenvalue weighted by Crippen LogP contribution is 2.36. The maximum atomic E-state index is 12.0. The van der Waals surface area contributed by atoms with Crippen LogP contribution in [0.3, 0.4) is 0 Å². The second kappa shape index (κ2) is 10.6. The van der Waals surface area contributed by atoms with Gasteiger partial charge in [0.15, 0.2) is 11.9 Å². The predicted molar refractivity (Wildman–Crippen MR) is 111 cm³/mol. The summed E-state index contributed by atoms with van der Waals surface area (Å²) in [7, 11) is 0. The number of esters is 3. The Morgan fingerprint density at radius 3 is 2.06 bits per heavy atom. The number of carbonyl (C=O) groups excluding carboxylic acids is 3. The number of hydrogen-bond donors (Lipinski definition) is 0. The molecule has 3 unspecified atom stereocenters. The van der Waals surface area contributed by atoms with Crippen molar-refractivity contribution in [1.29, 1.82) is 0 Å². The van der Waals surface area contributed by atoms with E-state index in [9.17, 15) is 14.4 Å². The van der Waals surface area contributed by atoms with Gasteiger partial charge in [0.1, 0.15) is 18.3 Å². The van der Waals surface area contributed by atoms with E-state index in [0.29, 0.717) is 0 Å². The molecule has 2 aliphatic rings. The van der Waals surface area contributed by atoms with Crippen molar-refractivity contribution < 1.29 is 47.5 Å². The molecule has 2 aliphatic heterocycles. The van der Waals surface area contributed by atoms with E-state index >= 15 is 0 Å². The third-order valence-electron chi connectivity index (χ3n) is 5.10. The molecule has 182 valence electrons. The fourth-order valence-electron chi connectivity index (χ4n) is 3.87. The average Bonchev–Trinajstić information content (AvgIpc) is 3.08. The second-order valence-corrected chi connectivity index (χ2v) is 8.35. The van der Waals surface area contributed by atoms with Gasteiger partial charge in [-0.05, 0) is 19.4 Å². The molecular formula is C23H30O10. The van der Waals surface area contributed by atoms with E-state index in [-0.39, 0.29) is 13.2 Å². The molecule has 0 spiro atoms. The molecule has 0 saturated carbocycles. The Kier molecular flexibility index (Phi) is 8.06. The van der Waals surface area contributed by atoms with Gasteiger partial charge in [0.25, 0.3) is 0 Å². The third-order valence-corrected chi connectivity index (χ3v) is 5.10. The maximum Gasteiger partial charge on any atom is 0.305 e. The molecule has 10 heteroatoms. The van der Waals surface area contributed by atoms with Crippen LogP contribution in [0.25, 0.3) is 0 Å². The lowest BCUT2D eigenvalue weighted by Crippen LogP contribution is -2.64. The summed E-state index contributed by atoms with van der Waals surface area (Å²) in [6.45, 7) is 7.45. The lowest BCUT2D eigenvalue weighted by Gasteiger charge is -2.45. The van der Waals surface area contributed by atoms with Crippen LogP contribution in [0.15, 0.2) is 30.3 Å². The Hall–Kier alpha value is -2.53. The number of ether oxygens (including phenoxy) is 7. The monoisotopic (exact) mass is 466 g/mol. The molecule has 10 nitrogen and oxygen atoms in total. The van der Waals surface area contributed by atoms with Gasteiger partial charge in [-0.15, -0.1) is 0 Å². The van der Waals surface area contributed by atoms with Crippen LogP contribution in [0.4, 0.5) is 0 Å². The average molecular weight is 466 g/mol. The van der Waals surface area contributed by atoms with Gasteiger partial charge in [-0.1, -0.05) is 30.3 Å². The normalized spacial score (nSPS) is 30.9. The van der Waals surface area contributed by atoms with Crippen LogP contribution in [0.5, 0.6) is 0 Å². The van der Waals surface area contributed by atoms with Crippen LogP contribution in [-0.2, 0) is 54.1 Å². The molecule has 33 heavy (non-hydrogen) atoms. The van der Waals surface area contributed by atoms with Crippen molar-refractivity contribution in [3.8, 4) is 0 Å². The minimum atomic E-state index is -1.34. The van der Waals surface area contributed by atoms with Gasteiger partial charge in [0, 0.05) is 20.8 Å². The molecule has 6 atom stereocenters. The maximum absolute atomic E-state index is 12.0. The molecule has 2 heterocycles. The SMILES string of the molecule is CC(=O)OC1C(OC(C)=O)[C@H](OCc2ccccc2)C([C@H]2COC(C)(C)O2)O[C@H]1OC(C)=O. The number of benzene rings is 1. The zero-order valence-corrected chi connectivity index (χ0v) is 19.3. The summed E-state index contributed by atoms with van der Waals surface area (Å²) >= 11 is 0. The molecule has 0 radical (unpaired) electrons. The quantitative estimate of drug-likeness (QED) is 0.436. The lowest BCUT2D eigenvalue weighted by molar-refractivity contribution is -0.315. The van der Waals surface area contributed by atoms with Crippen molar-refractivity contribution in [3.63, 3.8) is 0 Å². The third kappa shape index (κ3) is 6.73. The molecule has 2 saturated heterocycles. The smallest absolute Gasteiger partial charge is 0.305 e. The van der Waals surface area contributed by atoms with Gasteiger partial charge >= 0.3 is 17.9 Å². The van der Waals surface area contributed by atoms with E-state index in [4.69, 9.17) is 33.2 Å². The summed E-state index contributed by atoms with van der Waals surface area (Å²) < 4.78 is 40.1. The van der Waals surface area contributed by atoms with Gasteiger partial charge in [0.2, 0.25) is 12.4 Å². The highest BCUT2D eigenvalue weighted by atomic mass is 16.8. The van der Waals surface area contributed by atoms with Crippen LogP contribution < -0.4 is 0 Å². The Morgan fingerprint density at radius 1 is 0.909 bits per heavy atom. The Morgan fingerprint density at radius 2 is 1.52 bits per heavy atom. The van der Waals surface area contributed by atoms with Crippen molar-refractivity contribution >= 4 is 17.9 Å². The van der Waals surface area contributed by atoms with Crippen molar-refractivity contribution in [3.05, 3.63) is 35.9 Å². The predicted octanol–water partition coefficient (Wildman–Crippen LogP) is 1.87. The molecule has 3 rings (SSSR count). The highest BCUT2D eigenvalue weighted by molar-refractivity contribution is 5.68. The highest BCUT2D eigenvalue weighted by Gasteiger charge is 2.56. The van der Waals surface area contributed by atoms with Crippen LogP contribution in [0.1, 0.15) is 40.2 Å². The van der Waals surface area contributed by atoms with Gasteiger partial charge in [-0.25, -0.2) is 0 Å². The van der Waals surface area contributed by atoms with Crippen molar-refractivity contribution in [2.75, 3.05) is 6.61 Å². The standard InChI is InChI=1S/C23H30O10/c1-13(24)29-20-19(27-11-16-9-7-6-8-10-16)18(17-12-28-23(4,5)33-17)32-22(31-15(3)26)21(20)30-14(2)25/h6-10,17-22H,11-12H2,1-5H3/t17-,18?,19-,20?,21?,22-/m1/s1. The van der Waals surface area contributed by atoms with Crippen LogP contribution >= 0.6 is 0 Å². The Labute approximate surface area is 192 Å². The molecule has 0 aliphatic carbocycles. The summed E-state index contributed by atoms with van der Waals surface area (Å²) in [6.07, 6.45) is -6.14. The van der Waals surface area contributed by atoms with Crippen LogP contribution in [0, 0.1) is 0 Å². The fraction of sp³-hybridized carbons (Fsp3) is 0.609. The van der Waals surface area contributed by atoms with E-state index in [1.165, 1.54) is 20.8 Å². The first kappa shape index (κ1) is 25.1. The lowest BCUT2D eigenvalue weighted by atomic mass is 9.94. The largest absolute Gasteiger partial charge is 0.455 e. The van der Waals surface area contributed by atoms with Gasteiger partial charge < -0.3 is 33.2 Å². The van der Waals surface area contributed by atoms with E-state index in [2.05, 4.69) is 0 Å². The summed E-state index contributed by atoms with van der Waals surface area (Å²) in [4.78, 5) is 35.6. The molecule has 1 aromatic carbocycles. The molecule has 2 fully saturated rings. The van der Waals surface area contributed by atoms with E-state index in [1.54, 1.807) is 13.8 Å². The van der Waals surface area contributed by atoms with E-state index < -0.39 is 60.5 Å². The van der Waals surface area contributed by atoms with Crippen molar-refractivity contribution in [1.82, 2.24) is 0 Å². The van der Waals surface area contributed by atoms with Gasteiger partial charge in [-0.2, -0.15) is 0 Å². The summed E-state index contributed by atoms with van der Waals surface area (Å²) in [6, 6.07) is 9.37. The number of carbonyl (C=O) groups is 3. The minimum absolute atomic E-state index is 0.158.